The van der Waals surface area contributed by atoms with Crippen LogP contribution in [0.2, 0.25) is 0 Å². The molecule has 160 valence electrons. The first-order valence-electron chi connectivity index (χ1n) is 10.6. The van der Waals surface area contributed by atoms with Crippen LogP contribution in [0, 0.1) is 0 Å². The summed E-state index contributed by atoms with van der Waals surface area (Å²) in [7, 11) is 1.87. The van der Waals surface area contributed by atoms with Gasteiger partial charge in [0.2, 0.25) is 0 Å². The summed E-state index contributed by atoms with van der Waals surface area (Å²) in [6.45, 7) is 19.5. The summed E-state index contributed by atoms with van der Waals surface area (Å²) in [5.74, 6) is 0.925. The number of rotatable bonds is 7. The zero-order chi connectivity index (χ0) is 19.0. The zero-order valence-electron chi connectivity index (χ0n) is 18.3. The Kier molecular flexibility index (Phi) is 11.5. The number of nitrogens with one attached hydrogen (secondary N) is 2. The van der Waals surface area contributed by atoms with E-state index in [1.165, 1.54) is 65.1 Å². The maximum atomic E-state index is 4.43. The van der Waals surface area contributed by atoms with Gasteiger partial charge in [0.05, 0.1) is 0 Å². The molecule has 2 aliphatic heterocycles. The number of guanidine groups is 1. The van der Waals surface area contributed by atoms with E-state index in [-0.39, 0.29) is 29.5 Å². The van der Waals surface area contributed by atoms with Crippen LogP contribution < -0.4 is 10.6 Å². The van der Waals surface area contributed by atoms with Gasteiger partial charge >= 0.3 is 0 Å². The van der Waals surface area contributed by atoms with Gasteiger partial charge in [0.15, 0.2) is 5.96 Å². The average Bonchev–Trinajstić information content (AvgIpc) is 2.68. The number of halogens is 1. The van der Waals surface area contributed by atoms with Crippen molar-refractivity contribution < 1.29 is 0 Å². The van der Waals surface area contributed by atoms with Gasteiger partial charge < -0.3 is 15.5 Å². The lowest BCUT2D eigenvalue weighted by Crippen LogP contribution is -2.56. The molecular weight excluding hydrogens is 451 g/mol. The molecule has 0 aromatic carbocycles. The van der Waals surface area contributed by atoms with Gasteiger partial charge in [-0.3, -0.25) is 14.8 Å². The molecule has 0 aliphatic carbocycles. The van der Waals surface area contributed by atoms with Crippen molar-refractivity contribution in [2.75, 3.05) is 66.0 Å². The molecule has 0 spiro atoms. The van der Waals surface area contributed by atoms with Gasteiger partial charge in [-0.1, -0.05) is 13.3 Å². The lowest BCUT2D eigenvalue weighted by molar-refractivity contribution is 0.0978. The van der Waals surface area contributed by atoms with E-state index in [4.69, 9.17) is 0 Å². The summed E-state index contributed by atoms with van der Waals surface area (Å²) in [6.07, 6.45) is 4.05. The highest BCUT2D eigenvalue weighted by atomic mass is 127. The summed E-state index contributed by atoms with van der Waals surface area (Å²) >= 11 is 0. The smallest absolute Gasteiger partial charge is 0.191 e. The topological polar surface area (TPSA) is 46.1 Å². The van der Waals surface area contributed by atoms with Crippen molar-refractivity contribution in [1.82, 2.24) is 25.3 Å². The van der Waals surface area contributed by atoms with E-state index in [1.807, 2.05) is 7.05 Å². The van der Waals surface area contributed by atoms with Gasteiger partial charge in [-0.25, -0.2) is 0 Å². The fraction of sp³-hybridized carbons (Fsp3) is 0.950. The minimum atomic E-state index is 0. The number of piperidine rings is 1. The van der Waals surface area contributed by atoms with Crippen molar-refractivity contribution in [3.8, 4) is 0 Å². The summed E-state index contributed by atoms with van der Waals surface area (Å²) in [5, 5.41) is 7.08. The number of aliphatic imine (C=N–C) groups is 1. The molecule has 27 heavy (non-hydrogen) atoms. The molecule has 2 N–H and O–H groups in total. The number of piperazine rings is 1. The van der Waals surface area contributed by atoms with Crippen molar-refractivity contribution >= 4 is 29.9 Å². The monoisotopic (exact) mass is 494 g/mol. The van der Waals surface area contributed by atoms with Gasteiger partial charge in [0.25, 0.3) is 0 Å². The Morgan fingerprint density at radius 1 is 1.00 bits per heavy atom. The van der Waals surface area contributed by atoms with E-state index < -0.39 is 0 Å². The first-order chi connectivity index (χ1) is 12.5. The molecule has 2 aliphatic rings. The fourth-order valence-corrected chi connectivity index (χ4v) is 4.03. The highest BCUT2D eigenvalue weighted by Crippen LogP contribution is 2.19. The van der Waals surface area contributed by atoms with Crippen LogP contribution in [-0.2, 0) is 0 Å². The molecule has 6 nitrogen and oxygen atoms in total. The summed E-state index contributed by atoms with van der Waals surface area (Å²) in [4.78, 5) is 12.2. The zero-order valence-corrected chi connectivity index (χ0v) is 20.6. The third-order valence-corrected chi connectivity index (χ3v) is 6.17. The first kappa shape index (κ1) is 24.9. The Morgan fingerprint density at radius 2 is 1.63 bits per heavy atom. The predicted molar refractivity (Wildman–Crippen MR) is 127 cm³/mol. The van der Waals surface area contributed by atoms with E-state index >= 15 is 0 Å². The Hall–Kier alpha value is -0.120. The Bertz CT molecular complexity index is 428. The molecule has 2 saturated heterocycles. The van der Waals surface area contributed by atoms with Crippen LogP contribution >= 0.6 is 24.0 Å². The summed E-state index contributed by atoms with van der Waals surface area (Å²) in [6, 6.07) is 0.530. The van der Waals surface area contributed by atoms with E-state index in [0.717, 1.165) is 19.0 Å². The SMILES string of the molecule is CCN1CCN(C(C)CNC(=NC)NCC(C)(C)N2CCCCC2)CC1.I. The Labute approximate surface area is 184 Å². The minimum absolute atomic E-state index is 0. The Balaban J connectivity index is 0.00000364. The van der Waals surface area contributed by atoms with Crippen LogP contribution in [0.15, 0.2) is 4.99 Å². The van der Waals surface area contributed by atoms with Crippen LogP contribution in [0.5, 0.6) is 0 Å². The maximum Gasteiger partial charge on any atom is 0.191 e. The highest BCUT2D eigenvalue weighted by Gasteiger charge is 2.28. The van der Waals surface area contributed by atoms with E-state index in [1.54, 1.807) is 0 Å². The average molecular weight is 495 g/mol. The summed E-state index contributed by atoms with van der Waals surface area (Å²) < 4.78 is 0. The molecule has 1 unspecified atom stereocenters. The van der Waals surface area contributed by atoms with Crippen molar-refractivity contribution in [3.63, 3.8) is 0 Å². The van der Waals surface area contributed by atoms with Gasteiger partial charge in [-0.15, -0.1) is 24.0 Å². The normalized spacial score (nSPS) is 22.2. The molecule has 0 bridgehead atoms. The number of likely N-dealkylation sites (N-methyl/N-ethyl adjacent to an activating group) is 1. The van der Waals surface area contributed by atoms with Gasteiger partial charge in [-0.2, -0.15) is 0 Å². The van der Waals surface area contributed by atoms with Gasteiger partial charge in [-0.05, 0) is 53.2 Å². The number of hydrogen-bond acceptors (Lipinski definition) is 4. The second-order valence-electron chi connectivity index (χ2n) is 8.49. The maximum absolute atomic E-state index is 4.43. The third kappa shape index (κ3) is 8.03. The quantitative estimate of drug-likeness (QED) is 0.323. The molecule has 7 heteroatoms. The van der Waals surface area contributed by atoms with E-state index in [9.17, 15) is 0 Å². The highest BCUT2D eigenvalue weighted by molar-refractivity contribution is 14.0. The molecular formula is C20H43IN6. The number of hydrogen-bond donors (Lipinski definition) is 2. The molecule has 2 rings (SSSR count). The minimum Gasteiger partial charge on any atom is -0.355 e. The summed E-state index contributed by atoms with van der Waals surface area (Å²) in [5.41, 5.74) is 0.167. The predicted octanol–water partition coefficient (Wildman–Crippen LogP) is 2.06. The lowest BCUT2D eigenvalue weighted by Gasteiger charge is -2.41. The molecule has 0 saturated carbocycles. The van der Waals surface area contributed by atoms with Crippen molar-refractivity contribution in [2.24, 2.45) is 4.99 Å². The van der Waals surface area contributed by atoms with Crippen LogP contribution in [-0.4, -0.2) is 98.2 Å². The van der Waals surface area contributed by atoms with Crippen LogP contribution in [0.1, 0.15) is 47.0 Å². The molecule has 1 atom stereocenters. The van der Waals surface area contributed by atoms with E-state index in [2.05, 4.69) is 58.0 Å². The van der Waals surface area contributed by atoms with Crippen molar-refractivity contribution in [3.05, 3.63) is 0 Å². The molecule has 2 heterocycles. The number of nitrogens with zero attached hydrogens (tertiary/aromatic N) is 4. The fourth-order valence-electron chi connectivity index (χ4n) is 4.03. The van der Waals surface area contributed by atoms with Crippen molar-refractivity contribution in [2.45, 2.75) is 58.5 Å². The Morgan fingerprint density at radius 3 is 2.19 bits per heavy atom. The molecule has 0 amide bonds. The molecule has 0 radical (unpaired) electrons. The third-order valence-electron chi connectivity index (χ3n) is 6.17. The van der Waals surface area contributed by atoms with Crippen molar-refractivity contribution in [1.29, 1.82) is 0 Å². The molecule has 0 aromatic rings. The largest absolute Gasteiger partial charge is 0.355 e. The second-order valence-corrected chi connectivity index (χ2v) is 8.49. The van der Waals surface area contributed by atoms with Gasteiger partial charge in [0.1, 0.15) is 0 Å². The second kappa shape index (κ2) is 12.4. The van der Waals surface area contributed by atoms with Crippen LogP contribution in [0.4, 0.5) is 0 Å². The lowest BCUT2D eigenvalue weighted by atomic mass is 9.98. The standard InChI is InChI=1S/C20H42N6.HI/c1-6-24-12-14-25(15-13-24)18(2)16-22-19(21-5)23-17-20(3,4)26-10-8-7-9-11-26;/h18H,6-17H2,1-5H3,(H2,21,22,23);1H. The van der Waals surface area contributed by atoms with Crippen LogP contribution in [0.25, 0.3) is 0 Å². The van der Waals surface area contributed by atoms with E-state index in [0.29, 0.717) is 6.04 Å². The van der Waals surface area contributed by atoms with Crippen LogP contribution in [0.3, 0.4) is 0 Å². The number of likely N-dealkylation sites (tertiary alicyclic amines) is 1. The first-order valence-corrected chi connectivity index (χ1v) is 10.6. The van der Waals surface area contributed by atoms with Gasteiger partial charge in [0, 0.05) is 57.9 Å². The molecule has 2 fully saturated rings. The molecule has 0 aromatic heterocycles.